The fourth-order valence-electron chi connectivity index (χ4n) is 4.66. The van der Waals surface area contributed by atoms with Crippen molar-refractivity contribution in [2.45, 2.75) is 37.9 Å². The average Bonchev–Trinajstić information content (AvgIpc) is 2.98. The predicted molar refractivity (Wildman–Crippen MR) is 159 cm³/mol. The van der Waals surface area contributed by atoms with E-state index >= 15 is 0 Å². The number of terminal acetylenes is 1. The quantitative estimate of drug-likeness (QED) is 0.131. The van der Waals surface area contributed by atoms with E-state index in [0.717, 1.165) is 18.2 Å². The third kappa shape index (κ3) is 5.73. The summed E-state index contributed by atoms with van der Waals surface area (Å²) in [5, 5.41) is 8.33. The number of aliphatic hydroxyl groups is 1. The highest BCUT2D eigenvalue weighted by Gasteiger charge is 2.50. The Morgan fingerprint density at radius 3 is 1.95 bits per heavy atom. The summed E-state index contributed by atoms with van der Waals surface area (Å²) in [6, 6.07) is 24.8. The number of carbonyl (C=O) groups is 1. The van der Waals surface area contributed by atoms with Crippen LogP contribution in [0.3, 0.4) is 0 Å². The molecular formula is C33H31FNO5P. The summed E-state index contributed by atoms with van der Waals surface area (Å²) in [4.78, 5) is 18.9. The normalized spacial score (nSPS) is 14.1. The number of hydrogen-bond acceptors (Lipinski definition) is 6. The van der Waals surface area contributed by atoms with Crippen molar-refractivity contribution in [3.63, 3.8) is 0 Å². The zero-order chi connectivity index (χ0) is 29.7. The van der Waals surface area contributed by atoms with Crippen molar-refractivity contribution in [1.82, 2.24) is 4.98 Å². The molecule has 4 rings (SSSR count). The fourth-order valence-corrected chi connectivity index (χ4v) is 5.66. The van der Waals surface area contributed by atoms with Crippen LogP contribution in [0.25, 0.3) is 33.5 Å². The second kappa shape index (κ2) is 12.6. The van der Waals surface area contributed by atoms with Crippen molar-refractivity contribution < 1.29 is 28.1 Å². The largest absolute Gasteiger partial charge is 0.422 e. The van der Waals surface area contributed by atoms with Gasteiger partial charge in [-0.25, -0.2) is 14.2 Å². The summed E-state index contributed by atoms with van der Waals surface area (Å²) in [5.74, 6) is 0.467. The minimum absolute atomic E-state index is 0.0707. The van der Waals surface area contributed by atoms with E-state index in [1.165, 1.54) is 19.1 Å². The summed E-state index contributed by atoms with van der Waals surface area (Å²) in [7, 11) is -2.15. The third-order valence-corrected chi connectivity index (χ3v) is 8.63. The van der Waals surface area contributed by atoms with Gasteiger partial charge in [-0.2, -0.15) is 0 Å². The number of hydrogen-bond donors (Lipinski definition) is 1. The molecule has 3 atom stereocenters. The summed E-state index contributed by atoms with van der Waals surface area (Å²) in [5.41, 5.74) is 4.30. The summed E-state index contributed by atoms with van der Waals surface area (Å²) < 4.78 is 38.1. The lowest BCUT2D eigenvalue weighted by Gasteiger charge is -2.29. The van der Waals surface area contributed by atoms with Crippen LogP contribution in [0.5, 0.6) is 5.75 Å². The van der Waals surface area contributed by atoms with Gasteiger partial charge in [-0.15, -0.1) is 6.42 Å². The molecule has 0 aliphatic carbocycles. The smallest absolute Gasteiger partial charge is 0.342 e. The molecule has 0 saturated carbocycles. The number of ether oxygens (including phenoxy) is 1. The number of rotatable bonds is 9. The maximum Gasteiger partial charge on any atom is 0.342 e. The molecule has 1 heterocycles. The lowest BCUT2D eigenvalue weighted by atomic mass is 9.88. The van der Waals surface area contributed by atoms with Crippen LogP contribution in [0.4, 0.5) is 4.39 Å². The van der Waals surface area contributed by atoms with Crippen molar-refractivity contribution in [1.29, 1.82) is 0 Å². The van der Waals surface area contributed by atoms with Gasteiger partial charge in [-0.1, -0.05) is 92.6 Å². The average molecular weight is 572 g/mol. The van der Waals surface area contributed by atoms with Crippen LogP contribution < -0.4 is 4.74 Å². The highest BCUT2D eigenvalue weighted by Crippen LogP contribution is 2.49. The SMILES string of the molecule is C#CC(C(=O)Oc1c(C(C)C)nc(-c2ccccc2)c(-c2ccccc2)c1-c1ccc(F)cc1)(C(C)O)[PH](=O)OC. The standard InChI is InChI=1S/C33H31FNO5P/c1-6-33(22(4)36,41(38)39-5)32(37)40-31-28(24-17-19-26(34)20-18-24)27(23-13-9-7-10-14-23)30(35-29(31)21(2)3)25-15-11-8-12-16-25/h1,7-22,36,41H,2-5H3. The number of esters is 1. The van der Waals surface area contributed by atoms with E-state index < -0.39 is 31.1 Å². The second-order valence-corrected chi connectivity index (χ2v) is 11.6. The molecule has 1 aromatic heterocycles. The van der Waals surface area contributed by atoms with E-state index in [9.17, 15) is 18.9 Å². The molecule has 41 heavy (non-hydrogen) atoms. The molecule has 210 valence electrons. The molecule has 3 aromatic carbocycles. The van der Waals surface area contributed by atoms with E-state index in [4.69, 9.17) is 20.7 Å². The maximum atomic E-state index is 14.1. The third-order valence-electron chi connectivity index (χ3n) is 6.85. The van der Waals surface area contributed by atoms with Gasteiger partial charge < -0.3 is 14.4 Å². The number of carbonyl (C=O) groups excluding carboxylic acids is 1. The van der Waals surface area contributed by atoms with Crippen molar-refractivity contribution in [3.05, 3.63) is 96.4 Å². The Morgan fingerprint density at radius 2 is 1.46 bits per heavy atom. The second-order valence-electron chi connectivity index (χ2n) is 9.83. The van der Waals surface area contributed by atoms with E-state index in [1.54, 1.807) is 12.1 Å². The Morgan fingerprint density at radius 1 is 0.927 bits per heavy atom. The van der Waals surface area contributed by atoms with E-state index in [1.807, 2.05) is 74.5 Å². The Hall–Kier alpha value is -4.08. The van der Waals surface area contributed by atoms with Crippen LogP contribution in [0.15, 0.2) is 84.9 Å². The van der Waals surface area contributed by atoms with Crippen molar-refractivity contribution in [2.24, 2.45) is 0 Å². The first-order valence-corrected chi connectivity index (χ1v) is 14.4. The van der Waals surface area contributed by atoms with E-state index in [-0.39, 0.29) is 11.7 Å². The van der Waals surface area contributed by atoms with Gasteiger partial charge in [-0.05, 0) is 36.1 Å². The molecule has 0 aliphatic rings. The molecule has 3 unspecified atom stereocenters. The Labute approximate surface area is 240 Å². The van der Waals surface area contributed by atoms with Crippen LogP contribution in [0.2, 0.25) is 0 Å². The van der Waals surface area contributed by atoms with Crippen LogP contribution in [-0.4, -0.2) is 34.4 Å². The number of aromatic nitrogens is 1. The molecule has 6 nitrogen and oxygen atoms in total. The zero-order valence-electron chi connectivity index (χ0n) is 23.2. The first kappa shape index (κ1) is 29.9. The number of pyridine rings is 1. The lowest BCUT2D eigenvalue weighted by Crippen LogP contribution is -2.46. The molecule has 0 fully saturated rings. The van der Waals surface area contributed by atoms with Crippen LogP contribution in [-0.2, 0) is 13.9 Å². The molecule has 0 bridgehead atoms. The highest BCUT2D eigenvalue weighted by molar-refractivity contribution is 7.43. The molecule has 1 N–H and O–H groups in total. The van der Waals surface area contributed by atoms with Crippen LogP contribution in [0.1, 0.15) is 32.4 Å². The Bertz CT molecular complexity index is 1600. The Balaban J connectivity index is 2.15. The first-order chi connectivity index (χ1) is 19.6. The van der Waals surface area contributed by atoms with Crippen LogP contribution >= 0.6 is 8.03 Å². The van der Waals surface area contributed by atoms with Crippen LogP contribution in [0, 0.1) is 18.2 Å². The number of aliphatic hydroxyl groups excluding tert-OH is 1. The molecule has 0 spiro atoms. The maximum absolute atomic E-state index is 14.1. The van der Waals surface area contributed by atoms with Gasteiger partial charge in [0.15, 0.2) is 5.75 Å². The molecule has 0 saturated heterocycles. The molecule has 4 aromatic rings. The van der Waals surface area contributed by atoms with Gasteiger partial charge in [-0.3, -0.25) is 4.57 Å². The van der Waals surface area contributed by atoms with Gasteiger partial charge in [0, 0.05) is 23.8 Å². The summed E-state index contributed by atoms with van der Waals surface area (Å²) >= 11 is 0. The van der Waals surface area contributed by atoms with Crippen molar-refractivity contribution >= 4 is 14.0 Å². The fraction of sp³-hybridized carbons (Fsp3) is 0.212. The van der Waals surface area contributed by atoms with Gasteiger partial charge in [0.05, 0.1) is 17.5 Å². The Kier molecular flexibility index (Phi) is 9.20. The number of halogens is 1. The monoisotopic (exact) mass is 571 g/mol. The molecule has 0 radical (unpaired) electrons. The zero-order valence-corrected chi connectivity index (χ0v) is 24.2. The number of benzene rings is 3. The van der Waals surface area contributed by atoms with Gasteiger partial charge in [0.25, 0.3) is 0 Å². The lowest BCUT2D eigenvalue weighted by molar-refractivity contribution is -0.138. The molecule has 0 amide bonds. The molecule has 8 heteroatoms. The van der Waals surface area contributed by atoms with Gasteiger partial charge in [0.1, 0.15) is 5.82 Å². The first-order valence-electron chi connectivity index (χ1n) is 13.1. The van der Waals surface area contributed by atoms with E-state index in [2.05, 4.69) is 5.92 Å². The van der Waals surface area contributed by atoms with Crippen molar-refractivity contribution in [3.8, 4) is 51.6 Å². The highest BCUT2D eigenvalue weighted by atomic mass is 31.1. The molecular weight excluding hydrogens is 540 g/mol. The minimum atomic E-state index is -3.30. The predicted octanol–water partition coefficient (Wildman–Crippen LogP) is 7.12. The molecule has 0 aliphatic heterocycles. The number of nitrogens with zero attached hydrogens (tertiary/aromatic N) is 1. The van der Waals surface area contributed by atoms with Gasteiger partial charge >= 0.3 is 5.97 Å². The topological polar surface area (TPSA) is 85.7 Å². The summed E-state index contributed by atoms with van der Waals surface area (Å²) in [6.07, 6.45) is 4.15. The van der Waals surface area contributed by atoms with Gasteiger partial charge in [0.2, 0.25) is 13.2 Å². The summed E-state index contributed by atoms with van der Waals surface area (Å²) in [6.45, 7) is 5.05. The minimum Gasteiger partial charge on any atom is -0.422 e. The van der Waals surface area contributed by atoms with Crippen molar-refractivity contribution in [2.75, 3.05) is 7.11 Å². The van der Waals surface area contributed by atoms with E-state index in [0.29, 0.717) is 28.1 Å².